The lowest BCUT2D eigenvalue weighted by Crippen LogP contribution is -2.17. The lowest BCUT2D eigenvalue weighted by atomic mass is 10.1. The van der Waals surface area contributed by atoms with Crippen LogP contribution in [-0.2, 0) is 22.6 Å². The highest BCUT2D eigenvalue weighted by Crippen LogP contribution is 2.31. The van der Waals surface area contributed by atoms with Crippen molar-refractivity contribution in [2.75, 3.05) is 11.6 Å². The van der Waals surface area contributed by atoms with E-state index in [2.05, 4.69) is 25.6 Å². The van der Waals surface area contributed by atoms with Gasteiger partial charge in [-0.1, -0.05) is 11.8 Å². The minimum absolute atomic E-state index is 0.0549. The van der Waals surface area contributed by atoms with E-state index in [0.717, 1.165) is 37.6 Å². The number of hydrogen-bond donors (Lipinski definition) is 2. The van der Waals surface area contributed by atoms with Crippen LogP contribution in [0.1, 0.15) is 35.2 Å². The van der Waals surface area contributed by atoms with Crippen LogP contribution in [0.5, 0.6) is 0 Å². The first-order chi connectivity index (χ1) is 14.4. The van der Waals surface area contributed by atoms with E-state index in [1.165, 1.54) is 30.0 Å². The molecule has 3 heterocycles. The third-order valence-corrected chi connectivity index (χ3v) is 6.77. The molecule has 0 unspecified atom stereocenters. The Hall–Kier alpha value is -2.30. The fourth-order valence-electron chi connectivity index (χ4n) is 2.85. The molecule has 158 valence electrons. The smallest absolute Gasteiger partial charge is 0.226 e. The van der Waals surface area contributed by atoms with Gasteiger partial charge in [0.15, 0.2) is 10.3 Å². The molecule has 3 rings (SSSR count). The van der Waals surface area contributed by atoms with Crippen LogP contribution in [0, 0.1) is 13.8 Å². The highest BCUT2D eigenvalue weighted by Gasteiger charge is 2.13. The zero-order chi connectivity index (χ0) is 21.7. The molecule has 0 radical (unpaired) electrons. The van der Waals surface area contributed by atoms with Crippen LogP contribution >= 0.6 is 34.4 Å². The van der Waals surface area contributed by atoms with Crippen molar-refractivity contribution in [2.45, 2.75) is 45.3 Å². The largest absolute Gasteiger partial charge is 0.351 e. The lowest BCUT2D eigenvalue weighted by molar-refractivity contribution is -0.119. The second-order valence-corrected chi connectivity index (χ2v) is 9.42. The summed E-state index contributed by atoms with van der Waals surface area (Å²) in [5, 5.41) is 8.92. The van der Waals surface area contributed by atoms with Crippen LogP contribution in [-0.4, -0.2) is 33.0 Å². The van der Waals surface area contributed by atoms with E-state index in [-0.39, 0.29) is 11.8 Å². The molecule has 0 aliphatic heterocycles. The molecule has 3 aromatic heterocycles. The van der Waals surface area contributed by atoms with Crippen LogP contribution in [0.3, 0.4) is 0 Å². The normalized spacial score (nSPS) is 10.8. The van der Waals surface area contributed by atoms with Crippen LogP contribution in [0.15, 0.2) is 22.7 Å². The summed E-state index contributed by atoms with van der Waals surface area (Å²) >= 11 is 4.49. The number of aromatic nitrogens is 3. The molecule has 7 nitrogen and oxygen atoms in total. The number of thiophene rings is 1. The van der Waals surface area contributed by atoms with Crippen LogP contribution < -0.4 is 10.6 Å². The number of carbonyl (C=O) groups is 2. The number of rotatable bonds is 8. The van der Waals surface area contributed by atoms with Gasteiger partial charge in [0, 0.05) is 35.0 Å². The molecule has 0 bridgehead atoms. The van der Waals surface area contributed by atoms with Crippen molar-refractivity contribution in [3.8, 4) is 10.6 Å². The molecule has 0 aliphatic rings. The summed E-state index contributed by atoms with van der Waals surface area (Å²) in [6, 6.07) is 3.95. The molecule has 0 fully saturated rings. The maximum atomic E-state index is 12.4. The monoisotopic (exact) mass is 461 g/mol. The topological polar surface area (TPSA) is 96.9 Å². The number of thiazole rings is 1. The summed E-state index contributed by atoms with van der Waals surface area (Å²) in [7, 11) is 0. The molecule has 0 aromatic carbocycles. The molecular formula is C20H23N5O2S3. The second-order valence-electron chi connectivity index (χ2n) is 6.62. The van der Waals surface area contributed by atoms with Crippen molar-refractivity contribution in [1.82, 2.24) is 20.3 Å². The van der Waals surface area contributed by atoms with E-state index in [9.17, 15) is 9.59 Å². The highest BCUT2D eigenvalue weighted by molar-refractivity contribution is 7.98. The van der Waals surface area contributed by atoms with E-state index < -0.39 is 0 Å². The molecule has 2 N–H and O–H groups in total. The van der Waals surface area contributed by atoms with Gasteiger partial charge in [0.25, 0.3) is 0 Å². The SMILES string of the molecule is CSc1nc(C)c(CCC(=O)Nc2nc(-c3ccc(CNC(C)=O)s3)cs2)c(C)n1. The number of aryl methyl sites for hydroxylation is 2. The maximum Gasteiger partial charge on any atom is 0.226 e. The van der Waals surface area contributed by atoms with Crippen molar-refractivity contribution >= 4 is 51.4 Å². The van der Waals surface area contributed by atoms with Gasteiger partial charge in [-0.2, -0.15) is 0 Å². The van der Waals surface area contributed by atoms with Gasteiger partial charge in [-0.25, -0.2) is 15.0 Å². The quantitative estimate of drug-likeness (QED) is 0.385. The van der Waals surface area contributed by atoms with Crippen LogP contribution in [0.25, 0.3) is 10.6 Å². The van der Waals surface area contributed by atoms with Crippen molar-refractivity contribution in [2.24, 2.45) is 0 Å². The number of anilines is 1. The van der Waals surface area contributed by atoms with Gasteiger partial charge < -0.3 is 10.6 Å². The minimum atomic E-state index is -0.0823. The molecule has 0 saturated carbocycles. The van der Waals surface area contributed by atoms with Crippen molar-refractivity contribution in [3.63, 3.8) is 0 Å². The van der Waals surface area contributed by atoms with Gasteiger partial charge in [-0.15, -0.1) is 22.7 Å². The van der Waals surface area contributed by atoms with Crippen molar-refractivity contribution in [3.05, 3.63) is 39.3 Å². The van der Waals surface area contributed by atoms with Crippen molar-refractivity contribution < 1.29 is 9.59 Å². The van der Waals surface area contributed by atoms with E-state index in [1.54, 1.807) is 11.3 Å². The molecule has 0 saturated heterocycles. The number of carbonyl (C=O) groups excluding carboxylic acids is 2. The molecule has 0 spiro atoms. The zero-order valence-corrected chi connectivity index (χ0v) is 19.7. The molecule has 0 aliphatic carbocycles. The molecular weight excluding hydrogens is 438 g/mol. The summed E-state index contributed by atoms with van der Waals surface area (Å²) in [6.07, 6.45) is 2.88. The number of amides is 2. The summed E-state index contributed by atoms with van der Waals surface area (Å²) in [4.78, 5) is 39.0. The first-order valence-electron chi connectivity index (χ1n) is 9.32. The Labute approximate surface area is 187 Å². The highest BCUT2D eigenvalue weighted by atomic mass is 32.2. The first-order valence-corrected chi connectivity index (χ1v) is 12.2. The van der Waals surface area contributed by atoms with E-state index >= 15 is 0 Å². The number of nitrogens with one attached hydrogen (secondary N) is 2. The zero-order valence-electron chi connectivity index (χ0n) is 17.2. The third-order valence-electron chi connectivity index (χ3n) is 4.36. The van der Waals surface area contributed by atoms with Gasteiger partial charge in [0.1, 0.15) is 0 Å². The lowest BCUT2D eigenvalue weighted by Gasteiger charge is -2.09. The van der Waals surface area contributed by atoms with E-state index in [4.69, 9.17) is 0 Å². The van der Waals surface area contributed by atoms with Crippen molar-refractivity contribution in [1.29, 1.82) is 0 Å². The Bertz CT molecular complexity index is 1040. The van der Waals surface area contributed by atoms with Gasteiger partial charge >= 0.3 is 0 Å². The standard InChI is InChI=1S/C20H23N5O2S3/c1-11-15(12(2)23-19(22-11)28-4)6-8-18(27)25-20-24-16(10-29-20)17-7-5-14(30-17)9-21-13(3)26/h5,7,10H,6,8-9H2,1-4H3,(H,21,26)(H,24,25,27). The Kier molecular flexibility index (Phi) is 7.57. The van der Waals surface area contributed by atoms with Gasteiger partial charge in [-0.05, 0) is 44.2 Å². The Morgan fingerprint density at radius 1 is 1.13 bits per heavy atom. The fourth-order valence-corrected chi connectivity index (χ4v) is 5.01. The summed E-state index contributed by atoms with van der Waals surface area (Å²) in [5.41, 5.74) is 3.68. The van der Waals surface area contributed by atoms with Gasteiger partial charge in [-0.3, -0.25) is 9.59 Å². The van der Waals surface area contributed by atoms with Gasteiger partial charge in [0.05, 0.1) is 17.1 Å². The molecule has 10 heteroatoms. The summed E-state index contributed by atoms with van der Waals surface area (Å²) < 4.78 is 0. The average Bonchev–Trinajstić information content (AvgIpc) is 3.34. The molecule has 0 atom stereocenters. The second kappa shape index (κ2) is 10.1. The number of thioether (sulfide) groups is 1. The van der Waals surface area contributed by atoms with Crippen LogP contribution in [0.2, 0.25) is 0 Å². The minimum Gasteiger partial charge on any atom is -0.351 e. The Morgan fingerprint density at radius 2 is 1.87 bits per heavy atom. The third kappa shape index (κ3) is 5.87. The summed E-state index contributed by atoms with van der Waals surface area (Å²) in [6.45, 7) is 5.92. The molecule has 30 heavy (non-hydrogen) atoms. The number of hydrogen-bond acceptors (Lipinski definition) is 8. The Balaban J connectivity index is 1.57. The molecule has 3 aromatic rings. The summed E-state index contributed by atoms with van der Waals surface area (Å²) in [5.74, 6) is -0.137. The average molecular weight is 462 g/mol. The predicted octanol–water partition coefficient (Wildman–Crippen LogP) is 4.21. The predicted molar refractivity (Wildman–Crippen MR) is 123 cm³/mol. The molecule has 2 amide bonds. The van der Waals surface area contributed by atoms with E-state index in [0.29, 0.717) is 24.5 Å². The van der Waals surface area contributed by atoms with Gasteiger partial charge in [0.2, 0.25) is 11.8 Å². The first kappa shape index (κ1) is 22.4. The van der Waals surface area contributed by atoms with E-state index in [1.807, 2.05) is 37.6 Å². The number of nitrogens with zero attached hydrogens (tertiary/aromatic N) is 3. The Morgan fingerprint density at radius 3 is 2.53 bits per heavy atom. The van der Waals surface area contributed by atoms with Crippen LogP contribution in [0.4, 0.5) is 5.13 Å². The maximum absolute atomic E-state index is 12.4. The fraction of sp³-hybridized carbons (Fsp3) is 0.350.